The van der Waals surface area contributed by atoms with Gasteiger partial charge in [0.05, 0.1) is 11.8 Å². The third-order valence-electron chi connectivity index (χ3n) is 5.57. The van der Waals surface area contributed by atoms with Gasteiger partial charge in [-0.15, -0.1) is 0 Å². The summed E-state index contributed by atoms with van der Waals surface area (Å²) in [6, 6.07) is 16.4. The number of hydrogen-bond acceptors (Lipinski definition) is 7. The van der Waals surface area contributed by atoms with Crippen molar-refractivity contribution < 1.29 is 14.4 Å². The molecular formula is C27H30N4O3. The standard InChI is InChI=1S/C27H30N4O3/c1-4-5-10-25-24(27(30-19(3)29-25)33-16-18(2)32)15-20-11-13-21(14-12-20)22-8-6-7-9-23(22)26-28-17-34-31-26/h6-9,11-14,17-18,32H,4-5,10,15-16H2,1-3H3. The maximum Gasteiger partial charge on any atom is 0.220 e. The van der Waals surface area contributed by atoms with E-state index in [1.54, 1.807) is 6.92 Å². The number of benzene rings is 2. The van der Waals surface area contributed by atoms with Gasteiger partial charge < -0.3 is 14.4 Å². The second kappa shape index (κ2) is 11.0. The van der Waals surface area contributed by atoms with Gasteiger partial charge in [-0.1, -0.05) is 67.0 Å². The van der Waals surface area contributed by atoms with E-state index in [1.165, 1.54) is 6.39 Å². The largest absolute Gasteiger partial charge is 0.475 e. The molecule has 7 nitrogen and oxygen atoms in total. The molecule has 7 heteroatoms. The van der Waals surface area contributed by atoms with Crippen molar-refractivity contribution >= 4 is 0 Å². The minimum absolute atomic E-state index is 0.197. The van der Waals surface area contributed by atoms with Crippen LogP contribution in [0.15, 0.2) is 59.4 Å². The Labute approximate surface area is 199 Å². The predicted molar refractivity (Wildman–Crippen MR) is 131 cm³/mol. The van der Waals surface area contributed by atoms with E-state index >= 15 is 0 Å². The normalized spacial score (nSPS) is 12.0. The van der Waals surface area contributed by atoms with E-state index in [2.05, 4.69) is 52.4 Å². The van der Waals surface area contributed by atoms with Gasteiger partial charge in [0, 0.05) is 17.5 Å². The maximum absolute atomic E-state index is 9.72. The lowest BCUT2D eigenvalue weighted by atomic mass is 9.96. The first-order chi connectivity index (χ1) is 16.5. The number of aliphatic hydroxyl groups is 1. The van der Waals surface area contributed by atoms with Gasteiger partial charge in [-0.2, -0.15) is 9.97 Å². The number of nitrogens with zero attached hydrogens (tertiary/aromatic N) is 4. The third-order valence-corrected chi connectivity index (χ3v) is 5.57. The Morgan fingerprint density at radius 2 is 1.79 bits per heavy atom. The van der Waals surface area contributed by atoms with E-state index in [4.69, 9.17) is 14.2 Å². The molecule has 0 spiro atoms. The zero-order valence-corrected chi connectivity index (χ0v) is 19.9. The van der Waals surface area contributed by atoms with E-state index in [1.807, 2.05) is 25.1 Å². The van der Waals surface area contributed by atoms with Crippen LogP contribution in [0.3, 0.4) is 0 Å². The number of rotatable bonds is 10. The number of unbranched alkanes of at least 4 members (excludes halogenated alkanes) is 1. The summed E-state index contributed by atoms with van der Waals surface area (Å²) in [6.45, 7) is 5.95. The Kier molecular flexibility index (Phi) is 7.65. The van der Waals surface area contributed by atoms with Crippen LogP contribution in [0.2, 0.25) is 0 Å². The van der Waals surface area contributed by atoms with Crippen LogP contribution in [0.5, 0.6) is 5.88 Å². The Balaban J connectivity index is 1.64. The highest BCUT2D eigenvalue weighted by atomic mass is 16.5. The summed E-state index contributed by atoms with van der Waals surface area (Å²) in [4.78, 5) is 13.5. The summed E-state index contributed by atoms with van der Waals surface area (Å²) in [5.41, 5.74) is 6.17. The summed E-state index contributed by atoms with van der Waals surface area (Å²) >= 11 is 0. The van der Waals surface area contributed by atoms with Gasteiger partial charge in [0.1, 0.15) is 12.4 Å². The van der Waals surface area contributed by atoms with Crippen molar-refractivity contribution in [3.05, 3.63) is 77.6 Å². The molecule has 34 heavy (non-hydrogen) atoms. The minimum Gasteiger partial charge on any atom is -0.475 e. The molecule has 2 heterocycles. The molecule has 1 atom stereocenters. The molecule has 0 amide bonds. The summed E-state index contributed by atoms with van der Waals surface area (Å²) in [5.74, 6) is 1.81. The molecule has 2 aromatic heterocycles. The van der Waals surface area contributed by atoms with Crippen LogP contribution >= 0.6 is 0 Å². The number of aryl methyl sites for hydroxylation is 2. The van der Waals surface area contributed by atoms with E-state index < -0.39 is 6.10 Å². The smallest absolute Gasteiger partial charge is 0.220 e. The van der Waals surface area contributed by atoms with Crippen LogP contribution in [-0.4, -0.2) is 37.9 Å². The second-order valence-corrected chi connectivity index (χ2v) is 8.44. The summed E-state index contributed by atoms with van der Waals surface area (Å²) in [6.07, 6.45) is 4.43. The van der Waals surface area contributed by atoms with Crippen LogP contribution < -0.4 is 4.74 Å². The Morgan fingerprint density at radius 3 is 2.47 bits per heavy atom. The zero-order valence-electron chi connectivity index (χ0n) is 19.9. The molecular weight excluding hydrogens is 428 g/mol. The van der Waals surface area contributed by atoms with Crippen LogP contribution in [0, 0.1) is 6.92 Å². The summed E-state index contributed by atoms with van der Waals surface area (Å²) < 4.78 is 10.8. The average molecular weight is 459 g/mol. The van der Waals surface area contributed by atoms with Gasteiger partial charge in [-0.3, -0.25) is 0 Å². The van der Waals surface area contributed by atoms with Crippen molar-refractivity contribution in [3.63, 3.8) is 0 Å². The highest BCUT2D eigenvalue weighted by Gasteiger charge is 2.17. The molecule has 176 valence electrons. The van der Waals surface area contributed by atoms with Crippen LogP contribution in [0.25, 0.3) is 22.5 Å². The van der Waals surface area contributed by atoms with E-state index in [0.29, 0.717) is 23.9 Å². The lowest BCUT2D eigenvalue weighted by molar-refractivity contribution is 0.119. The number of aromatic nitrogens is 4. The molecule has 0 aliphatic rings. The number of hydrogen-bond donors (Lipinski definition) is 1. The van der Waals surface area contributed by atoms with E-state index in [-0.39, 0.29) is 6.61 Å². The fraction of sp³-hybridized carbons (Fsp3) is 0.333. The van der Waals surface area contributed by atoms with Crippen molar-refractivity contribution in [1.82, 2.24) is 20.1 Å². The fourth-order valence-electron chi connectivity index (χ4n) is 3.90. The Bertz CT molecular complexity index is 1210. The first-order valence-corrected chi connectivity index (χ1v) is 11.7. The maximum atomic E-state index is 9.72. The van der Waals surface area contributed by atoms with Crippen molar-refractivity contribution in [1.29, 1.82) is 0 Å². The van der Waals surface area contributed by atoms with Gasteiger partial charge >= 0.3 is 0 Å². The molecule has 0 bridgehead atoms. The average Bonchev–Trinajstić information content (AvgIpc) is 3.38. The molecule has 0 aliphatic carbocycles. The van der Waals surface area contributed by atoms with Crippen molar-refractivity contribution in [2.75, 3.05) is 6.61 Å². The molecule has 0 saturated carbocycles. The first kappa shape index (κ1) is 23.6. The highest BCUT2D eigenvalue weighted by molar-refractivity contribution is 5.80. The van der Waals surface area contributed by atoms with Gasteiger partial charge in [-0.25, -0.2) is 4.98 Å². The highest BCUT2D eigenvalue weighted by Crippen LogP contribution is 2.31. The predicted octanol–water partition coefficient (Wildman–Crippen LogP) is 5.20. The molecule has 0 fully saturated rings. The molecule has 1 unspecified atom stereocenters. The topological polar surface area (TPSA) is 94.2 Å². The quantitative estimate of drug-likeness (QED) is 0.349. The van der Waals surface area contributed by atoms with Crippen molar-refractivity contribution in [2.45, 2.75) is 52.6 Å². The zero-order chi connectivity index (χ0) is 23.9. The molecule has 2 aromatic carbocycles. The second-order valence-electron chi connectivity index (χ2n) is 8.44. The monoisotopic (exact) mass is 458 g/mol. The fourth-order valence-corrected chi connectivity index (χ4v) is 3.90. The molecule has 4 aromatic rings. The molecule has 0 aliphatic heterocycles. The van der Waals surface area contributed by atoms with E-state index in [9.17, 15) is 5.11 Å². The summed E-state index contributed by atoms with van der Waals surface area (Å²) in [7, 11) is 0. The lowest BCUT2D eigenvalue weighted by Crippen LogP contribution is -2.16. The molecule has 1 N–H and O–H groups in total. The van der Waals surface area contributed by atoms with Crippen LogP contribution in [0.1, 0.15) is 49.3 Å². The van der Waals surface area contributed by atoms with Crippen molar-refractivity contribution in [3.8, 4) is 28.4 Å². The van der Waals surface area contributed by atoms with Crippen molar-refractivity contribution in [2.24, 2.45) is 0 Å². The molecule has 0 saturated heterocycles. The Morgan fingerprint density at radius 1 is 1.03 bits per heavy atom. The van der Waals surface area contributed by atoms with Crippen LogP contribution in [0.4, 0.5) is 0 Å². The van der Waals surface area contributed by atoms with Gasteiger partial charge in [-0.05, 0) is 43.4 Å². The Hall–Kier alpha value is -3.58. The van der Waals surface area contributed by atoms with Gasteiger partial charge in [0.2, 0.25) is 18.1 Å². The number of ether oxygens (including phenoxy) is 1. The van der Waals surface area contributed by atoms with Crippen LogP contribution in [-0.2, 0) is 12.8 Å². The van der Waals surface area contributed by atoms with Gasteiger partial charge in [0.15, 0.2) is 0 Å². The lowest BCUT2D eigenvalue weighted by Gasteiger charge is -2.16. The molecule has 0 radical (unpaired) electrons. The molecule has 4 rings (SSSR count). The van der Waals surface area contributed by atoms with Gasteiger partial charge in [0.25, 0.3) is 0 Å². The summed E-state index contributed by atoms with van der Waals surface area (Å²) in [5, 5.41) is 13.7. The number of aliphatic hydroxyl groups excluding tert-OH is 1. The SMILES string of the molecule is CCCCc1nc(C)nc(OCC(C)O)c1Cc1ccc(-c2ccccc2-c2ncon2)cc1. The third kappa shape index (κ3) is 5.66. The minimum atomic E-state index is -0.569. The van der Waals surface area contributed by atoms with E-state index in [0.717, 1.165) is 52.8 Å². The first-order valence-electron chi connectivity index (χ1n) is 11.7.